The molecule has 2 aliphatic heterocycles. The molecule has 100 valence electrons. The zero-order chi connectivity index (χ0) is 13.0. The normalized spacial score (nSPS) is 32.4. The van der Waals surface area contributed by atoms with Crippen molar-refractivity contribution in [1.29, 1.82) is 0 Å². The fraction of sp³-hybridized carbons (Fsp3) is 0.571. The first-order chi connectivity index (χ1) is 9.24. The van der Waals surface area contributed by atoms with Crippen LogP contribution in [0.25, 0.3) is 0 Å². The maximum atomic E-state index is 12.3. The molecule has 1 N–H and O–H groups in total. The van der Waals surface area contributed by atoms with Crippen LogP contribution in [0, 0.1) is 5.92 Å². The third kappa shape index (κ3) is 1.66. The van der Waals surface area contributed by atoms with E-state index in [1.54, 1.807) is 12.3 Å². The molecule has 1 saturated carbocycles. The molecule has 1 saturated heterocycles. The van der Waals surface area contributed by atoms with Gasteiger partial charge in [0.1, 0.15) is 6.04 Å². The third-order valence-corrected chi connectivity index (χ3v) is 4.93. The number of nitrogens with zero attached hydrogens (tertiary/aromatic N) is 2. The Morgan fingerprint density at radius 2 is 2.21 bits per heavy atom. The van der Waals surface area contributed by atoms with E-state index in [1.165, 1.54) is 25.7 Å². The molecular formula is C14H16ClN3O. The lowest BCUT2D eigenvalue weighted by Crippen LogP contribution is -2.48. The standard InChI is InChI=1S/C14H16ClN3O/c15-9-6-10-13(16-7-9)18-11-4-2-1-3-8(11)5-12(18)14(19)17-10/h6-8,11-12H,1-5H2,(H,17,19). The van der Waals surface area contributed by atoms with Gasteiger partial charge in [-0.05, 0) is 31.2 Å². The molecule has 4 rings (SSSR count). The highest BCUT2D eigenvalue weighted by atomic mass is 35.5. The maximum absolute atomic E-state index is 12.3. The molecule has 0 bridgehead atoms. The molecule has 0 radical (unpaired) electrons. The second-order valence-electron chi connectivity index (χ2n) is 5.78. The third-order valence-electron chi connectivity index (χ3n) is 4.73. The number of hydrogen-bond acceptors (Lipinski definition) is 3. The minimum atomic E-state index is -0.0331. The summed E-state index contributed by atoms with van der Waals surface area (Å²) in [6.45, 7) is 0. The van der Waals surface area contributed by atoms with Crippen molar-refractivity contribution in [1.82, 2.24) is 4.98 Å². The number of amides is 1. The lowest BCUT2D eigenvalue weighted by atomic mass is 9.85. The van der Waals surface area contributed by atoms with Gasteiger partial charge in [-0.15, -0.1) is 0 Å². The van der Waals surface area contributed by atoms with Gasteiger partial charge in [-0.2, -0.15) is 0 Å². The van der Waals surface area contributed by atoms with Gasteiger partial charge in [0.15, 0.2) is 5.82 Å². The monoisotopic (exact) mass is 277 g/mol. The van der Waals surface area contributed by atoms with E-state index in [0.29, 0.717) is 17.0 Å². The lowest BCUT2D eigenvalue weighted by molar-refractivity contribution is -0.117. The van der Waals surface area contributed by atoms with Crippen molar-refractivity contribution >= 4 is 29.0 Å². The number of carbonyl (C=O) groups excluding carboxylic acids is 1. The number of halogens is 1. The van der Waals surface area contributed by atoms with E-state index in [1.807, 2.05) is 0 Å². The predicted octanol–water partition coefficient (Wildman–Crippen LogP) is 2.82. The van der Waals surface area contributed by atoms with Crippen LogP contribution in [0.3, 0.4) is 0 Å². The van der Waals surface area contributed by atoms with Crippen LogP contribution >= 0.6 is 11.6 Å². The van der Waals surface area contributed by atoms with Crippen LogP contribution in [0.2, 0.25) is 5.02 Å². The van der Waals surface area contributed by atoms with E-state index < -0.39 is 0 Å². The summed E-state index contributed by atoms with van der Waals surface area (Å²) in [6, 6.07) is 2.25. The van der Waals surface area contributed by atoms with Gasteiger partial charge in [0, 0.05) is 12.2 Å². The van der Waals surface area contributed by atoms with E-state index in [4.69, 9.17) is 11.6 Å². The molecule has 1 aliphatic carbocycles. The van der Waals surface area contributed by atoms with Crippen molar-refractivity contribution in [3.63, 3.8) is 0 Å². The summed E-state index contributed by atoms with van der Waals surface area (Å²) in [6.07, 6.45) is 7.62. The van der Waals surface area contributed by atoms with Crippen LogP contribution in [-0.4, -0.2) is 23.0 Å². The van der Waals surface area contributed by atoms with E-state index in [-0.39, 0.29) is 11.9 Å². The highest BCUT2D eigenvalue weighted by molar-refractivity contribution is 6.31. The fourth-order valence-electron chi connectivity index (χ4n) is 3.94. The van der Waals surface area contributed by atoms with Crippen LogP contribution in [0.1, 0.15) is 32.1 Å². The molecule has 1 aromatic rings. The average Bonchev–Trinajstić information content (AvgIpc) is 2.79. The Hall–Kier alpha value is -1.29. The van der Waals surface area contributed by atoms with Crippen LogP contribution in [0.4, 0.5) is 11.5 Å². The second-order valence-corrected chi connectivity index (χ2v) is 6.22. The van der Waals surface area contributed by atoms with Gasteiger partial charge in [-0.3, -0.25) is 4.79 Å². The Kier molecular flexibility index (Phi) is 2.49. The summed E-state index contributed by atoms with van der Waals surface area (Å²) in [7, 11) is 0. The molecule has 4 nitrogen and oxygen atoms in total. The zero-order valence-corrected chi connectivity index (χ0v) is 11.4. The van der Waals surface area contributed by atoms with Crippen LogP contribution in [0.15, 0.2) is 12.3 Å². The molecule has 3 aliphatic rings. The van der Waals surface area contributed by atoms with Gasteiger partial charge >= 0.3 is 0 Å². The van der Waals surface area contributed by atoms with Crippen molar-refractivity contribution in [3.8, 4) is 0 Å². The van der Waals surface area contributed by atoms with Gasteiger partial charge < -0.3 is 10.2 Å². The molecule has 1 aromatic heterocycles. The summed E-state index contributed by atoms with van der Waals surface area (Å²) < 4.78 is 0. The van der Waals surface area contributed by atoms with Gasteiger partial charge in [-0.25, -0.2) is 4.98 Å². The number of hydrogen-bond donors (Lipinski definition) is 1. The first-order valence-corrected chi connectivity index (χ1v) is 7.36. The van der Waals surface area contributed by atoms with Gasteiger partial charge in [-0.1, -0.05) is 24.4 Å². The Bertz CT molecular complexity index is 547. The lowest BCUT2D eigenvalue weighted by Gasteiger charge is -2.38. The molecule has 1 amide bonds. The summed E-state index contributed by atoms with van der Waals surface area (Å²) >= 11 is 5.97. The van der Waals surface area contributed by atoms with E-state index >= 15 is 0 Å². The quantitative estimate of drug-likeness (QED) is 0.793. The average molecular weight is 278 g/mol. The van der Waals surface area contributed by atoms with Crippen molar-refractivity contribution < 1.29 is 4.79 Å². The minimum Gasteiger partial charge on any atom is -0.340 e. The number of pyridine rings is 1. The minimum absolute atomic E-state index is 0.0331. The Labute approximate surface area is 117 Å². The van der Waals surface area contributed by atoms with Gasteiger partial charge in [0.25, 0.3) is 0 Å². The van der Waals surface area contributed by atoms with Crippen LogP contribution in [0.5, 0.6) is 0 Å². The van der Waals surface area contributed by atoms with E-state index in [9.17, 15) is 4.79 Å². The molecule has 3 atom stereocenters. The Morgan fingerprint density at radius 3 is 3.11 bits per heavy atom. The summed E-state index contributed by atoms with van der Waals surface area (Å²) in [5.74, 6) is 1.65. The van der Waals surface area contributed by atoms with Crippen LogP contribution < -0.4 is 10.2 Å². The number of anilines is 2. The molecule has 5 heteroatoms. The number of aromatic nitrogens is 1. The van der Waals surface area contributed by atoms with E-state index in [0.717, 1.165) is 17.9 Å². The van der Waals surface area contributed by atoms with Crippen molar-refractivity contribution in [2.45, 2.75) is 44.2 Å². The number of nitrogens with one attached hydrogen (secondary N) is 1. The van der Waals surface area contributed by atoms with Crippen LogP contribution in [-0.2, 0) is 4.79 Å². The number of carbonyl (C=O) groups is 1. The topological polar surface area (TPSA) is 45.2 Å². The first kappa shape index (κ1) is 11.5. The van der Waals surface area contributed by atoms with Gasteiger partial charge in [0.05, 0.1) is 10.7 Å². The van der Waals surface area contributed by atoms with E-state index in [2.05, 4.69) is 15.2 Å². The molecule has 0 aromatic carbocycles. The smallest absolute Gasteiger partial charge is 0.247 e. The maximum Gasteiger partial charge on any atom is 0.247 e. The van der Waals surface area contributed by atoms with Gasteiger partial charge in [0.2, 0.25) is 5.91 Å². The predicted molar refractivity (Wildman–Crippen MR) is 74.5 cm³/mol. The molecule has 0 spiro atoms. The molecule has 3 unspecified atom stereocenters. The Balaban J connectivity index is 1.80. The van der Waals surface area contributed by atoms with Crippen molar-refractivity contribution in [2.75, 3.05) is 10.2 Å². The summed E-state index contributed by atoms with van der Waals surface area (Å²) in [5, 5.41) is 3.52. The molecule has 19 heavy (non-hydrogen) atoms. The number of rotatable bonds is 0. The summed E-state index contributed by atoms with van der Waals surface area (Å²) in [5.41, 5.74) is 0.764. The molecule has 3 heterocycles. The Morgan fingerprint density at radius 1 is 1.37 bits per heavy atom. The van der Waals surface area contributed by atoms with Crippen molar-refractivity contribution in [3.05, 3.63) is 17.3 Å². The highest BCUT2D eigenvalue weighted by Gasteiger charge is 2.48. The molecule has 2 fully saturated rings. The largest absolute Gasteiger partial charge is 0.340 e. The molecular weight excluding hydrogens is 262 g/mol. The SMILES string of the molecule is O=C1Nc2cc(Cl)cnc2N2C1CC1CCCCC12. The second kappa shape index (κ2) is 4.10. The summed E-state index contributed by atoms with van der Waals surface area (Å²) in [4.78, 5) is 19.0. The number of fused-ring (bicyclic) bond motifs is 5. The highest BCUT2D eigenvalue weighted by Crippen LogP contribution is 2.46. The fourth-order valence-corrected chi connectivity index (χ4v) is 4.10. The first-order valence-electron chi connectivity index (χ1n) is 6.99. The zero-order valence-electron chi connectivity index (χ0n) is 10.6. The van der Waals surface area contributed by atoms with Crippen molar-refractivity contribution in [2.24, 2.45) is 5.92 Å².